The van der Waals surface area contributed by atoms with Crippen LogP contribution in [0.25, 0.3) is 10.2 Å². The number of amides is 1. The molecule has 31 heavy (non-hydrogen) atoms. The van der Waals surface area contributed by atoms with E-state index in [4.69, 9.17) is 0 Å². The third-order valence-electron chi connectivity index (χ3n) is 5.26. The van der Waals surface area contributed by atoms with Gasteiger partial charge in [0.1, 0.15) is 5.82 Å². The zero-order valence-electron chi connectivity index (χ0n) is 17.9. The summed E-state index contributed by atoms with van der Waals surface area (Å²) < 4.78 is 4.34. The predicted molar refractivity (Wildman–Crippen MR) is 130 cm³/mol. The molecule has 9 heteroatoms. The number of hydrogen-bond acceptors (Lipinski definition) is 7. The summed E-state index contributed by atoms with van der Waals surface area (Å²) in [6, 6.07) is 8.19. The van der Waals surface area contributed by atoms with Crippen LogP contribution in [0, 0.1) is 0 Å². The van der Waals surface area contributed by atoms with Crippen molar-refractivity contribution >= 4 is 51.0 Å². The first-order valence-electron chi connectivity index (χ1n) is 10.7. The van der Waals surface area contributed by atoms with Crippen molar-refractivity contribution in [3.8, 4) is 0 Å². The van der Waals surface area contributed by atoms with Gasteiger partial charge in [0.25, 0.3) is 0 Å². The van der Waals surface area contributed by atoms with Gasteiger partial charge in [-0.25, -0.2) is 4.98 Å². The number of para-hydroxylation sites is 1. The highest BCUT2D eigenvalue weighted by Gasteiger charge is 2.20. The Morgan fingerprint density at radius 1 is 1.19 bits per heavy atom. The molecule has 1 aliphatic rings. The van der Waals surface area contributed by atoms with Crippen LogP contribution >= 0.6 is 34.9 Å². The Labute approximate surface area is 195 Å². The minimum atomic E-state index is 0.150. The molecule has 0 radical (unpaired) electrons. The van der Waals surface area contributed by atoms with Crippen LogP contribution in [0.4, 0.5) is 0 Å². The second kappa shape index (κ2) is 10.7. The van der Waals surface area contributed by atoms with Gasteiger partial charge in [-0.1, -0.05) is 41.7 Å². The van der Waals surface area contributed by atoms with E-state index in [1.165, 1.54) is 35.0 Å². The summed E-state index contributed by atoms with van der Waals surface area (Å²) in [6.07, 6.45) is 6.69. The Morgan fingerprint density at radius 3 is 2.81 bits per heavy atom. The zero-order chi connectivity index (χ0) is 21.6. The van der Waals surface area contributed by atoms with Gasteiger partial charge in [-0.05, 0) is 51.7 Å². The van der Waals surface area contributed by atoms with Gasteiger partial charge < -0.3 is 9.47 Å². The fourth-order valence-electron chi connectivity index (χ4n) is 3.70. The van der Waals surface area contributed by atoms with E-state index in [0.717, 1.165) is 46.8 Å². The Bertz CT molecular complexity index is 1040. The number of benzene rings is 1. The van der Waals surface area contributed by atoms with E-state index in [0.29, 0.717) is 11.5 Å². The summed E-state index contributed by atoms with van der Waals surface area (Å²) in [6.45, 7) is 5.63. The van der Waals surface area contributed by atoms with Crippen LogP contribution in [0.5, 0.6) is 0 Å². The van der Waals surface area contributed by atoms with E-state index in [-0.39, 0.29) is 5.91 Å². The predicted octanol–water partition coefficient (Wildman–Crippen LogP) is 5.60. The number of hydrogen-bond donors (Lipinski definition) is 0. The highest BCUT2D eigenvalue weighted by molar-refractivity contribution is 8.00. The minimum Gasteiger partial charge on any atom is -0.316 e. The molecule has 0 unspecified atom stereocenters. The summed E-state index contributed by atoms with van der Waals surface area (Å²) in [5, 5.41) is 9.58. The summed E-state index contributed by atoms with van der Waals surface area (Å²) in [5.41, 5.74) is 2.22. The molecule has 0 atom stereocenters. The van der Waals surface area contributed by atoms with Crippen LogP contribution in [0.2, 0.25) is 0 Å². The van der Waals surface area contributed by atoms with E-state index < -0.39 is 0 Å². The number of nitrogens with zero attached hydrogens (tertiary/aromatic N) is 5. The molecule has 4 rings (SSSR count). The lowest BCUT2D eigenvalue weighted by Crippen LogP contribution is -2.32. The van der Waals surface area contributed by atoms with Crippen LogP contribution in [-0.2, 0) is 17.1 Å². The Kier molecular flexibility index (Phi) is 7.68. The third-order valence-corrected chi connectivity index (χ3v) is 8.39. The molecule has 1 aliphatic carbocycles. The monoisotopic (exact) mass is 473 g/mol. The molecule has 0 spiro atoms. The lowest BCUT2D eigenvalue weighted by molar-refractivity contribution is -0.126. The molecule has 0 fully saturated rings. The molecule has 0 saturated carbocycles. The maximum absolute atomic E-state index is 12.8. The average molecular weight is 474 g/mol. The molecule has 0 N–H and O–H groups in total. The molecule has 1 aromatic carbocycles. The number of aromatic nitrogens is 4. The largest absolute Gasteiger partial charge is 0.316 e. The summed E-state index contributed by atoms with van der Waals surface area (Å²) in [7, 11) is 0. The highest BCUT2D eigenvalue weighted by atomic mass is 32.2. The first kappa shape index (κ1) is 22.4. The van der Waals surface area contributed by atoms with Crippen molar-refractivity contribution < 1.29 is 4.79 Å². The second-order valence-electron chi connectivity index (χ2n) is 7.25. The molecule has 2 aromatic heterocycles. The smallest absolute Gasteiger partial charge is 0.237 e. The number of carbonyl (C=O) groups excluding carboxylic acids is 1. The fourth-order valence-corrected chi connectivity index (χ4v) is 6.60. The van der Waals surface area contributed by atoms with E-state index in [2.05, 4.69) is 38.8 Å². The lowest BCUT2D eigenvalue weighted by Gasteiger charge is -2.26. The van der Waals surface area contributed by atoms with Gasteiger partial charge in [-0.2, -0.15) is 0 Å². The highest BCUT2D eigenvalue weighted by Crippen LogP contribution is 2.32. The van der Waals surface area contributed by atoms with Gasteiger partial charge in [-0.3, -0.25) is 4.79 Å². The van der Waals surface area contributed by atoms with Gasteiger partial charge >= 0.3 is 0 Å². The SMILES string of the molecule is CCN(C(=O)CSc1nnc(CSc2nc3ccccc3s2)n1CC)C1=CCCCC1. The third kappa shape index (κ3) is 5.32. The average Bonchev–Trinajstić information content (AvgIpc) is 3.40. The Balaban J connectivity index is 1.38. The number of rotatable bonds is 9. The topological polar surface area (TPSA) is 63.9 Å². The first-order chi connectivity index (χ1) is 15.2. The molecule has 6 nitrogen and oxygen atoms in total. The summed E-state index contributed by atoms with van der Waals surface area (Å²) in [4.78, 5) is 19.5. The van der Waals surface area contributed by atoms with Gasteiger partial charge in [-0.15, -0.1) is 21.5 Å². The van der Waals surface area contributed by atoms with Crippen molar-refractivity contribution in [3.63, 3.8) is 0 Å². The Hall–Kier alpha value is -1.84. The molecule has 0 aliphatic heterocycles. The van der Waals surface area contributed by atoms with Crippen molar-refractivity contribution in [1.82, 2.24) is 24.6 Å². The maximum Gasteiger partial charge on any atom is 0.237 e. The van der Waals surface area contributed by atoms with Crippen LogP contribution in [0.3, 0.4) is 0 Å². The zero-order valence-corrected chi connectivity index (χ0v) is 20.4. The number of fused-ring (bicyclic) bond motifs is 1. The Morgan fingerprint density at radius 2 is 2.06 bits per heavy atom. The normalized spacial score (nSPS) is 14.1. The van der Waals surface area contributed by atoms with Crippen LogP contribution in [-0.4, -0.2) is 42.9 Å². The van der Waals surface area contributed by atoms with Crippen LogP contribution < -0.4 is 0 Å². The van der Waals surface area contributed by atoms with E-state index >= 15 is 0 Å². The van der Waals surface area contributed by atoms with Gasteiger partial charge in [0.15, 0.2) is 9.50 Å². The number of carbonyl (C=O) groups is 1. The van der Waals surface area contributed by atoms with Crippen molar-refractivity contribution in [2.45, 2.75) is 61.3 Å². The first-order valence-corrected chi connectivity index (χ1v) is 13.5. The second-order valence-corrected chi connectivity index (χ2v) is 10.4. The summed E-state index contributed by atoms with van der Waals surface area (Å²) in [5.74, 6) is 2.16. The fraction of sp³-hybridized carbons (Fsp3) is 0.455. The molecule has 2 heterocycles. The quantitative estimate of drug-likeness (QED) is 0.377. The molecule has 0 bridgehead atoms. The number of thiazole rings is 1. The van der Waals surface area contributed by atoms with Crippen LogP contribution in [0.1, 0.15) is 45.4 Å². The van der Waals surface area contributed by atoms with Crippen molar-refractivity contribution in [1.29, 1.82) is 0 Å². The molecule has 0 saturated heterocycles. The minimum absolute atomic E-state index is 0.150. The van der Waals surface area contributed by atoms with Crippen molar-refractivity contribution in [3.05, 3.63) is 41.9 Å². The standard InChI is InChI=1S/C22H27N5OS3/c1-3-26(16-10-6-5-7-11-16)20(28)15-29-21-25-24-19(27(21)4-2)14-30-22-23-17-12-8-9-13-18(17)31-22/h8-10,12-13H,3-7,11,14-15H2,1-2H3. The van der Waals surface area contributed by atoms with E-state index in [1.807, 2.05) is 30.0 Å². The van der Waals surface area contributed by atoms with Gasteiger partial charge in [0.2, 0.25) is 5.91 Å². The maximum atomic E-state index is 12.8. The molecule has 164 valence electrons. The molecule has 1 amide bonds. The molecular weight excluding hydrogens is 446 g/mol. The van der Waals surface area contributed by atoms with Gasteiger partial charge in [0, 0.05) is 18.8 Å². The lowest BCUT2D eigenvalue weighted by atomic mass is 10.0. The van der Waals surface area contributed by atoms with Crippen molar-refractivity contribution in [2.24, 2.45) is 0 Å². The molecular formula is C22H27N5OS3. The van der Waals surface area contributed by atoms with Gasteiger partial charge in [0.05, 0.1) is 21.7 Å². The van der Waals surface area contributed by atoms with E-state index in [9.17, 15) is 4.79 Å². The number of allylic oxidation sites excluding steroid dienone is 2. The van der Waals surface area contributed by atoms with Crippen molar-refractivity contribution in [2.75, 3.05) is 12.3 Å². The summed E-state index contributed by atoms with van der Waals surface area (Å²) >= 11 is 4.87. The van der Waals surface area contributed by atoms with Crippen LogP contribution in [0.15, 0.2) is 45.5 Å². The molecule has 3 aromatic rings. The van der Waals surface area contributed by atoms with E-state index in [1.54, 1.807) is 23.1 Å². The number of thioether (sulfide) groups is 2.